The highest BCUT2D eigenvalue weighted by atomic mass is 16.5. The summed E-state index contributed by atoms with van der Waals surface area (Å²) in [7, 11) is 1.86. The molecule has 0 saturated heterocycles. The lowest BCUT2D eigenvalue weighted by Crippen LogP contribution is -2.14. The van der Waals surface area contributed by atoms with Crippen LogP contribution in [-0.4, -0.2) is 17.0 Å². The molecule has 0 spiro atoms. The lowest BCUT2D eigenvalue weighted by Gasteiger charge is -2.12. The Morgan fingerprint density at radius 3 is 2.60 bits per heavy atom. The molecule has 20 heavy (non-hydrogen) atoms. The van der Waals surface area contributed by atoms with Crippen molar-refractivity contribution in [3.63, 3.8) is 0 Å². The van der Waals surface area contributed by atoms with Crippen molar-refractivity contribution < 1.29 is 9.53 Å². The molecule has 0 aliphatic heterocycles. The molecule has 3 heteroatoms. The van der Waals surface area contributed by atoms with Crippen molar-refractivity contribution in [3.8, 4) is 5.75 Å². The topological polar surface area (TPSA) is 31.2 Å². The van der Waals surface area contributed by atoms with E-state index < -0.39 is 0 Å². The molecular weight excluding hydrogens is 250 g/mol. The fourth-order valence-corrected chi connectivity index (χ4v) is 2.36. The summed E-state index contributed by atoms with van der Waals surface area (Å²) in [5, 5.41) is 0. The fourth-order valence-electron chi connectivity index (χ4n) is 2.36. The van der Waals surface area contributed by atoms with Crippen molar-refractivity contribution in [1.29, 1.82) is 0 Å². The highest BCUT2D eigenvalue weighted by Crippen LogP contribution is 2.23. The molecule has 0 atom stereocenters. The zero-order valence-electron chi connectivity index (χ0n) is 12.5. The Kier molecular flexibility index (Phi) is 4.28. The van der Waals surface area contributed by atoms with E-state index in [-0.39, 0.29) is 12.4 Å². The highest BCUT2D eigenvalue weighted by molar-refractivity contribution is 5.95. The number of hydrogen-bond donors (Lipinski definition) is 0. The van der Waals surface area contributed by atoms with Gasteiger partial charge >= 0.3 is 0 Å². The average molecular weight is 271 g/mol. The van der Waals surface area contributed by atoms with Gasteiger partial charge in [0.2, 0.25) is 5.78 Å². The molecule has 1 heterocycles. The van der Waals surface area contributed by atoms with Crippen LogP contribution in [0.5, 0.6) is 5.75 Å². The van der Waals surface area contributed by atoms with Gasteiger partial charge in [0.15, 0.2) is 6.61 Å². The predicted octanol–water partition coefficient (Wildman–Crippen LogP) is 3.72. The number of ether oxygens (including phenoxy) is 1. The van der Waals surface area contributed by atoms with Crippen molar-refractivity contribution in [2.75, 3.05) is 6.61 Å². The Bertz CT molecular complexity index is 611. The van der Waals surface area contributed by atoms with E-state index in [1.165, 1.54) is 11.1 Å². The molecule has 106 valence electrons. The Morgan fingerprint density at radius 2 is 2.05 bits per heavy atom. The normalized spacial score (nSPS) is 10.8. The molecule has 0 saturated carbocycles. The summed E-state index contributed by atoms with van der Waals surface area (Å²) >= 11 is 0. The van der Waals surface area contributed by atoms with E-state index in [9.17, 15) is 4.79 Å². The fraction of sp³-hybridized carbons (Fsp3) is 0.353. The molecule has 3 nitrogen and oxygen atoms in total. The molecule has 0 unspecified atom stereocenters. The predicted molar refractivity (Wildman–Crippen MR) is 80.5 cm³/mol. The second kappa shape index (κ2) is 5.95. The lowest BCUT2D eigenvalue weighted by atomic mass is 9.98. The Labute approximate surface area is 120 Å². The number of carbonyl (C=O) groups excluding carboxylic acids is 1. The number of nitrogens with zero attached hydrogens (tertiary/aromatic N) is 1. The smallest absolute Gasteiger partial charge is 0.216 e. The highest BCUT2D eigenvalue weighted by Gasteiger charge is 2.10. The largest absolute Gasteiger partial charge is 0.485 e. The van der Waals surface area contributed by atoms with Gasteiger partial charge in [0.1, 0.15) is 5.75 Å². The van der Waals surface area contributed by atoms with Crippen LogP contribution in [0.3, 0.4) is 0 Å². The summed E-state index contributed by atoms with van der Waals surface area (Å²) in [4.78, 5) is 12.0. The summed E-state index contributed by atoms with van der Waals surface area (Å²) in [5.41, 5.74) is 3.18. The number of aromatic nitrogens is 1. The van der Waals surface area contributed by atoms with E-state index in [1.54, 1.807) is 10.6 Å². The van der Waals surface area contributed by atoms with Gasteiger partial charge < -0.3 is 9.30 Å². The third-order valence-electron chi connectivity index (χ3n) is 3.46. The van der Waals surface area contributed by atoms with E-state index in [4.69, 9.17) is 4.74 Å². The van der Waals surface area contributed by atoms with Crippen LogP contribution in [0.2, 0.25) is 0 Å². The average Bonchev–Trinajstić information content (AvgIpc) is 2.82. The van der Waals surface area contributed by atoms with E-state index >= 15 is 0 Å². The van der Waals surface area contributed by atoms with Gasteiger partial charge in [-0.3, -0.25) is 4.79 Å². The summed E-state index contributed by atoms with van der Waals surface area (Å²) in [5.74, 6) is 1.23. The van der Waals surface area contributed by atoms with Crippen LogP contribution < -0.4 is 4.74 Å². The minimum absolute atomic E-state index is 0.0110. The quantitative estimate of drug-likeness (QED) is 0.776. The number of hydrogen-bond acceptors (Lipinski definition) is 2. The van der Waals surface area contributed by atoms with Gasteiger partial charge in [-0.1, -0.05) is 19.9 Å². The van der Waals surface area contributed by atoms with Gasteiger partial charge in [-0.05, 0) is 48.2 Å². The van der Waals surface area contributed by atoms with Crippen LogP contribution in [-0.2, 0) is 7.05 Å². The Hall–Kier alpha value is -2.03. The second-order valence-corrected chi connectivity index (χ2v) is 5.39. The number of carbonyl (C=O) groups is 1. The number of benzene rings is 1. The maximum atomic E-state index is 12.0. The summed E-state index contributed by atoms with van der Waals surface area (Å²) in [6, 6.07) is 9.66. The number of rotatable bonds is 5. The van der Waals surface area contributed by atoms with Gasteiger partial charge in [-0.15, -0.1) is 0 Å². The molecule has 0 bridgehead atoms. The molecule has 2 aromatic rings. The van der Waals surface area contributed by atoms with Crippen molar-refractivity contribution in [1.82, 2.24) is 4.57 Å². The first-order valence-corrected chi connectivity index (χ1v) is 6.87. The Morgan fingerprint density at radius 1 is 1.30 bits per heavy atom. The molecule has 0 aliphatic carbocycles. The summed E-state index contributed by atoms with van der Waals surface area (Å²) in [6.07, 6.45) is 1.86. The molecular formula is C17H21NO2. The van der Waals surface area contributed by atoms with E-state index in [0.29, 0.717) is 11.6 Å². The zero-order valence-corrected chi connectivity index (χ0v) is 12.5. The van der Waals surface area contributed by atoms with Gasteiger partial charge in [0, 0.05) is 13.2 Å². The SMILES string of the molecule is Cc1cc(OCC(=O)c2cccn2C)ccc1C(C)C. The lowest BCUT2D eigenvalue weighted by molar-refractivity contribution is 0.0913. The van der Waals surface area contributed by atoms with Crippen LogP contribution in [0.1, 0.15) is 41.4 Å². The van der Waals surface area contributed by atoms with Gasteiger partial charge in [-0.2, -0.15) is 0 Å². The number of Topliss-reactive ketones (excluding diaryl/α,β-unsaturated/α-hetero) is 1. The minimum Gasteiger partial charge on any atom is -0.485 e. The van der Waals surface area contributed by atoms with Crippen molar-refractivity contribution in [2.24, 2.45) is 7.05 Å². The van der Waals surface area contributed by atoms with Crippen LogP contribution in [0.15, 0.2) is 36.5 Å². The van der Waals surface area contributed by atoms with Crippen LogP contribution in [0, 0.1) is 6.92 Å². The van der Waals surface area contributed by atoms with Crippen LogP contribution >= 0.6 is 0 Å². The van der Waals surface area contributed by atoms with Crippen LogP contribution in [0.4, 0.5) is 0 Å². The maximum absolute atomic E-state index is 12.0. The van der Waals surface area contributed by atoms with Gasteiger partial charge in [0.25, 0.3) is 0 Å². The standard InChI is InChI=1S/C17H21NO2/c1-12(2)15-8-7-14(10-13(15)3)20-11-17(19)16-6-5-9-18(16)4/h5-10,12H,11H2,1-4H3. The van der Waals surface area contributed by atoms with Crippen LogP contribution in [0.25, 0.3) is 0 Å². The third kappa shape index (κ3) is 3.10. The molecule has 1 aromatic carbocycles. The van der Waals surface area contributed by atoms with E-state index in [0.717, 1.165) is 5.75 Å². The first-order valence-electron chi connectivity index (χ1n) is 6.87. The molecule has 2 rings (SSSR count). The number of ketones is 1. The van der Waals surface area contributed by atoms with Crippen molar-refractivity contribution in [2.45, 2.75) is 26.7 Å². The number of aryl methyl sites for hydroxylation is 2. The zero-order chi connectivity index (χ0) is 14.7. The first-order chi connectivity index (χ1) is 9.49. The molecule has 0 fully saturated rings. The minimum atomic E-state index is -0.0110. The van der Waals surface area contributed by atoms with E-state index in [2.05, 4.69) is 26.8 Å². The molecule has 0 N–H and O–H groups in total. The summed E-state index contributed by atoms with van der Waals surface area (Å²) < 4.78 is 7.40. The third-order valence-corrected chi connectivity index (χ3v) is 3.46. The molecule has 0 aliphatic rings. The van der Waals surface area contributed by atoms with Crippen molar-refractivity contribution in [3.05, 3.63) is 53.3 Å². The summed E-state index contributed by atoms with van der Waals surface area (Å²) in [6.45, 7) is 6.48. The second-order valence-electron chi connectivity index (χ2n) is 5.39. The molecule has 0 radical (unpaired) electrons. The molecule has 0 amide bonds. The van der Waals surface area contributed by atoms with Crippen molar-refractivity contribution >= 4 is 5.78 Å². The van der Waals surface area contributed by atoms with Gasteiger partial charge in [-0.25, -0.2) is 0 Å². The monoisotopic (exact) mass is 271 g/mol. The first kappa shape index (κ1) is 14.4. The van der Waals surface area contributed by atoms with E-state index in [1.807, 2.05) is 31.4 Å². The Balaban J connectivity index is 2.03. The van der Waals surface area contributed by atoms with Gasteiger partial charge in [0.05, 0.1) is 5.69 Å². The maximum Gasteiger partial charge on any atom is 0.216 e. The molecule has 1 aromatic heterocycles.